The molecule has 10 nitrogen and oxygen atoms in total. The fourth-order valence-electron chi connectivity index (χ4n) is 2.16. The number of nitrogens with zero attached hydrogens (tertiary/aromatic N) is 3. The zero-order chi connectivity index (χ0) is 14.7. The summed E-state index contributed by atoms with van der Waals surface area (Å²) in [5.74, 6) is 0. The Hall–Kier alpha value is -1.20. The molecule has 2 heterocycles. The number of rotatable bonds is 4. The third-order valence-electron chi connectivity index (χ3n) is 3.39. The predicted octanol–water partition coefficient (Wildman–Crippen LogP) is -2.31. The monoisotopic (exact) mass is 293 g/mol. The molecule has 0 amide bonds. The van der Waals surface area contributed by atoms with Crippen LogP contribution in [0.2, 0.25) is 0 Å². The van der Waals surface area contributed by atoms with Crippen molar-refractivity contribution in [2.75, 3.05) is 19.7 Å². The van der Waals surface area contributed by atoms with Gasteiger partial charge < -0.3 is 35.2 Å². The number of aliphatic hydroxyl groups is 4. The van der Waals surface area contributed by atoms with Gasteiger partial charge in [0.25, 0.3) is 6.29 Å². The molecule has 2 aliphatic heterocycles. The van der Waals surface area contributed by atoms with Crippen LogP contribution in [0.15, 0.2) is 5.28 Å². The molecule has 2 saturated heterocycles. The van der Waals surface area contributed by atoms with Crippen LogP contribution in [-0.2, 0) is 9.57 Å². The topological polar surface area (TPSA) is 141 Å². The molecule has 10 heteroatoms. The van der Waals surface area contributed by atoms with Crippen molar-refractivity contribution < 1.29 is 35.0 Å². The number of hydrazine groups is 1. The van der Waals surface area contributed by atoms with Crippen LogP contribution in [0.25, 0.3) is 0 Å². The van der Waals surface area contributed by atoms with Gasteiger partial charge in [-0.1, -0.05) is 0 Å². The van der Waals surface area contributed by atoms with Crippen molar-refractivity contribution in [2.45, 2.75) is 43.5 Å². The highest BCUT2D eigenvalue weighted by atomic mass is 16.8. The van der Waals surface area contributed by atoms with Gasteiger partial charge in [-0.05, 0) is 12.8 Å². The van der Waals surface area contributed by atoms with Crippen LogP contribution in [0.4, 0.5) is 0 Å². The summed E-state index contributed by atoms with van der Waals surface area (Å²) in [6.45, 7) is 0.550. The predicted molar refractivity (Wildman–Crippen MR) is 61.7 cm³/mol. The maximum Gasteiger partial charge on any atom is 0.262 e. The maximum atomic E-state index is 11.5. The van der Waals surface area contributed by atoms with E-state index in [4.69, 9.17) is 14.7 Å². The first kappa shape index (κ1) is 15.2. The summed E-state index contributed by atoms with van der Waals surface area (Å²) in [5, 5.41) is 54.0. The lowest BCUT2D eigenvalue weighted by Gasteiger charge is -2.37. The molecule has 0 aromatic carbocycles. The normalized spacial score (nSPS) is 39.1. The van der Waals surface area contributed by atoms with Crippen molar-refractivity contribution in [2.24, 2.45) is 5.28 Å². The Morgan fingerprint density at radius 3 is 2.45 bits per heavy atom. The standard InChI is InChI=1S/C10H19N3O7/c14-5-6-7(15)8(16)9(17)10(19-6)20-11-13(18)12-3-1-2-4-12/h6-10,14-17H,1-5H2. The second-order valence-corrected chi connectivity index (χ2v) is 4.80. The molecule has 0 aliphatic carbocycles. The molecule has 0 spiro atoms. The molecule has 2 rings (SSSR count). The summed E-state index contributed by atoms with van der Waals surface area (Å²) in [6, 6.07) is 0. The molecule has 0 bridgehead atoms. The van der Waals surface area contributed by atoms with Crippen molar-refractivity contribution in [3.05, 3.63) is 5.21 Å². The van der Waals surface area contributed by atoms with Gasteiger partial charge in [-0.2, -0.15) is 0 Å². The fraction of sp³-hybridized carbons (Fsp3) is 1.00. The van der Waals surface area contributed by atoms with E-state index in [-0.39, 0.29) is 4.97 Å². The number of hydrogen-bond acceptors (Lipinski definition) is 8. The molecule has 4 N–H and O–H groups in total. The summed E-state index contributed by atoms with van der Waals surface area (Å²) < 4.78 is 5.03. The Kier molecular flexibility index (Phi) is 4.94. The average Bonchev–Trinajstić information content (AvgIpc) is 2.98. The lowest BCUT2D eigenvalue weighted by Crippen LogP contribution is -2.58. The summed E-state index contributed by atoms with van der Waals surface area (Å²) in [5.41, 5.74) is 0. The van der Waals surface area contributed by atoms with E-state index in [0.717, 1.165) is 12.8 Å². The highest BCUT2D eigenvalue weighted by molar-refractivity contribution is 4.88. The lowest BCUT2D eigenvalue weighted by atomic mass is 9.99. The maximum absolute atomic E-state index is 11.5. The first-order chi connectivity index (χ1) is 9.54. The summed E-state index contributed by atoms with van der Waals surface area (Å²) >= 11 is 0. The molecule has 20 heavy (non-hydrogen) atoms. The lowest BCUT2D eigenvalue weighted by molar-refractivity contribution is -0.710. The molecule has 5 atom stereocenters. The van der Waals surface area contributed by atoms with Gasteiger partial charge in [0.15, 0.2) is 0 Å². The molecular weight excluding hydrogens is 274 g/mol. The van der Waals surface area contributed by atoms with E-state index in [1.807, 2.05) is 0 Å². The third-order valence-corrected chi connectivity index (χ3v) is 3.39. The highest BCUT2D eigenvalue weighted by Crippen LogP contribution is 2.22. The molecule has 116 valence electrons. The Morgan fingerprint density at radius 2 is 1.85 bits per heavy atom. The zero-order valence-corrected chi connectivity index (χ0v) is 10.8. The SMILES string of the molecule is [O-][N+](=NOC1OC(CO)C(O)C(O)C1O)N1CCCC1. The molecule has 5 unspecified atom stereocenters. The smallest absolute Gasteiger partial charge is 0.262 e. The van der Waals surface area contributed by atoms with E-state index in [1.54, 1.807) is 0 Å². The van der Waals surface area contributed by atoms with Crippen LogP contribution in [0.1, 0.15) is 12.8 Å². The number of hydrogen-bond donors (Lipinski definition) is 4. The molecule has 2 aliphatic rings. The molecular formula is C10H19N3O7. The first-order valence-corrected chi connectivity index (χ1v) is 6.44. The second-order valence-electron chi connectivity index (χ2n) is 4.80. The Bertz CT molecular complexity index is 348. The molecule has 0 aromatic heterocycles. The molecule has 0 radical (unpaired) electrons. The molecule has 2 fully saturated rings. The number of aliphatic hydroxyl groups excluding tert-OH is 4. The van der Waals surface area contributed by atoms with Crippen molar-refractivity contribution in [3.8, 4) is 0 Å². The summed E-state index contributed by atoms with van der Waals surface area (Å²) in [7, 11) is 0. The van der Waals surface area contributed by atoms with Crippen molar-refractivity contribution in [1.82, 2.24) is 5.01 Å². The van der Waals surface area contributed by atoms with Crippen LogP contribution in [0, 0.1) is 5.21 Å². The Morgan fingerprint density at radius 1 is 1.20 bits per heavy atom. The Labute approximate surface area is 115 Å². The van der Waals surface area contributed by atoms with Gasteiger partial charge in [0, 0.05) is 0 Å². The van der Waals surface area contributed by atoms with Gasteiger partial charge >= 0.3 is 0 Å². The fourth-order valence-corrected chi connectivity index (χ4v) is 2.16. The van der Waals surface area contributed by atoms with Crippen LogP contribution < -0.4 is 0 Å². The van der Waals surface area contributed by atoms with Gasteiger partial charge in [0.05, 0.1) is 24.7 Å². The Balaban J connectivity index is 1.95. The largest absolute Gasteiger partial charge is 0.569 e. The van der Waals surface area contributed by atoms with Gasteiger partial charge in [0.2, 0.25) is 5.28 Å². The van der Waals surface area contributed by atoms with E-state index in [9.17, 15) is 20.5 Å². The van der Waals surface area contributed by atoms with Crippen LogP contribution in [0.3, 0.4) is 0 Å². The van der Waals surface area contributed by atoms with Crippen LogP contribution in [0.5, 0.6) is 0 Å². The highest BCUT2D eigenvalue weighted by Gasteiger charge is 2.45. The minimum absolute atomic E-state index is 0.258. The van der Waals surface area contributed by atoms with E-state index in [0.29, 0.717) is 13.1 Å². The average molecular weight is 293 g/mol. The van der Waals surface area contributed by atoms with Crippen molar-refractivity contribution >= 4 is 0 Å². The van der Waals surface area contributed by atoms with Crippen molar-refractivity contribution in [3.63, 3.8) is 0 Å². The van der Waals surface area contributed by atoms with E-state index >= 15 is 0 Å². The van der Waals surface area contributed by atoms with Crippen molar-refractivity contribution in [1.29, 1.82) is 0 Å². The van der Waals surface area contributed by atoms with Gasteiger partial charge in [-0.3, -0.25) is 0 Å². The number of ether oxygens (including phenoxy) is 1. The van der Waals surface area contributed by atoms with E-state index in [2.05, 4.69) is 5.28 Å². The molecule has 0 saturated carbocycles. The second kappa shape index (κ2) is 6.50. The zero-order valence-electron chi connectivity index (χ0n) is 10.8. The third kappa shape index (κ3) is 3.10. The minimum atomic E-state index is -1.58. The molecule has 0 aromatic rings. The van der Waals surface area contributed by atoms with Gasteiger partial charge in [-0.25, -0.2) is 0 Å². The van der Waals surface area contributed by atoms with Gasteiger partial charge in [-0.15, -0.1) is 5.01 Å². The summed E-state index contributed by atoms with van der Waals surface area (Å²) in [6.07, 6.45) is -5.39. The quantitative estimate of drug-likeness (QED) is 0.257. The van der Waals surface area contributed by atoms with Crippen LogP contribution >= 0.6 is 0 Å². The van der Waals surface area contributed by atoms with E-state index in [1.165, 1.54) is 5.01 Å². The summed E-state index contributed by atoms with van der Waals surface area (Å²) in [4.78, 5) is 5.02. The van der Waals surface area contributed by atoms with Gasteiger partial charge in [0.1, 0.15) is 24.4 Å². The first-order valence-electron chi connectivity index (χ1n) is 6.44. The van der Waals surface area contributed by atoms with Crippen LogP contribution in [-0.4, -0.2) is 80.8 Å². The van der Waals surface area contributed by atoms with E-state index < -0.39 is 37.3 Å². The minimum Gasteiger partial charge on any atom is -0.569 e.